The Balaban J connectivity index is 2.12. The first kappa shape index (κ1) is 12.7. The minimum absolute atomic E-state index is 0.0596. The predicted molar refractivity (Wildman–Crippen MR) is 48.2 cm³/mol. The summed E-state index contributed by atoms with van der Waals surface area (Å²) in [6, 6.07) is 0.0596. The van der Waals surface area contributed by atoms with Gasteiger partial charge in [0.05, 0.1) is 12.7 Å². The quantitative estimate of drug-likeness (QED) is 0.711. The second-order valence-electron chi connectivity index (χ2n) is 4.37. The van der Waals surface area contributed by atoms with Crippen LogP contribution in [0.3, 0.4) is 0 Å². The number of aliphatic hydroxyl groups excluding tert-OH is 1. The fourth-order valence-electron chi connectivity index (χ4n) is 1.65. The SMILES string of the molecule is CC1(C)C(O)CC1NCCOC(F)(F)F. The zero-order chi connectivity index (χ0) is 11.7. The average Bonchev–Trinajstić information content (AvgIpc) is 2.08. The summed E-state index contributed by atoms with van der Waals surface area (Å²) in [5, 5.41) is 12.3. The number of hydrogen-bond acceptors (Lipinski definition) is 3. The highest BCUT2D eigenvalue weighted by Gasteiger charge is 2.46. The van der Waals surface area contributed by atoms with Gasteiger partial charge >= 0.3 is 6.36 Å². The summed E-state index contributed by atoms with van der Waals surface area (Å²) in [6.07, 6.45) is -4.35. The van der Waals surface area contributed by atoms with Crippen LogP contribution in [0.4, 0.5) is 13.2 Å². The van der Waals surface area contributed by atoms with Crippen molar-refractivity contribution >= 4 is 0 Å². The molecule has 1 rings (SSSR count). The van der Waals surface area contributed by atoms with E-state index in [9.17, 15) is 18.3 Å². The molecule has 1 aliphatic carbocycles. The number of nitrogens with one attached hydrogen (secondary N) is 1. The molecule has 1 saturated carbocycles. The van der Waals surface area contributed by atoms with Crippen molar-refractivity contribution in [3.05, 3.63) is 0 Å². The van der Waals surface area contributed by atoms with E-state index in [1.54, 1.807) is 0 Å². The van der Waals surface area contributed by atoms with Crippen molar-refractivity contribution in [2.24, 2.45) is 5.41 Å². The van der Waals surface area contributed by atoms with Crippen molar-refractivity contribution in [3.63, 3.8) is 0 Å². The maximum atomic E-state index is 11.6. The Labute approximate surface area is 86.6 Å². The monoisotopic (exact) mass is 227 g/mol. The molecule has 0 aromatic heterocycles. The van der Waals surface area contributed by atoms with Crippen LogP contribution in [0.1, 0.15) is 20.3 Å². The molecule has 90 valence electrons. The summed E-state index contributed by atoms with van der Waals surface area (Å²) >= 11 is 0. The number of ether oxygens (including phenoxy) is 1. The van der Waals surface area contributed by atoms with E-state index in [1.165, 1.54) is 0 Å². The van der Waals surface area contributed by atoms with E-state index in [2.05, 4.69) is 10.1 Å². The molecule has 0 aliphatic heterocycles. The van der Waals surface area contributed by atoms with Gasteiger partial charge < -0.3 is 10.4 Å². The molecule has 15 heavy (non-hydrogen) atoms. The minimum Gasteiger partial charge on any atom is -0.392 e. The number of halogens is 3. The molecule has 1 aliphatic rings. The molecule has 0 aromatic rings. The van der Waals surface area contributed by atoms with Gasteiger partial charge in [0.1, 0.15) is 0 Å². The van der Waals surface area contributed by atoms with E-state index in [-0.39, 0.29) is 24.1 Å². The fraction of sp³-hybridized carbons (Fsp3) is 1.00. The molecule has 6 heteroatoms. The molecular formula is C9H16F3NO2. The first-order valence-electron chi connectivity index (χ1n) is 4.85. The topological polar surface area (TPSA) is 41.5 Å². The number of aliphatic hydroxyl groups is 1. The Kier molecular flexibility index (Phi) is 3.63. The third-order valence-corrected chi connectivity index (χ3v) is 2.97. The molecule has 3 nitrogen and oxygen atoms in total. The smallest absolute Gasteiger partial charge is 0.392 e. The van der Waals surface area contributed by atoms with Crippen LogP contribution < -0.4 is 5.32 Å². The zero-order valence-electron chi connectivity index (χ0n) is 8.77. The van der Waals surface area contributed by atoms with Gasteiger partial charge in [0.2, 0.25) is 0 Å². The van der Waals surface area contributed by atoms with Gasteiger partial charge in [-0.25, -0.2) is 0 Å². The van der Waals surface area contributed by atoms with E-state index < -0.39 is 13.0 Å². The van der Waals surface area contributed by atoms with Gasteiger partial charge in [0.15, 0.2) is 0 Å². The molecule has 1 fully saturated rings. The molecule has 0 radical (unpaired) electrons. The summed E-state index contributed by atoms with van der Waals surface area (Å²) in [4.78, 5) is 0. The van der Waals surface area contributed by atoms with Crippen LogP contribution in [0.2, 0.25) is 0 Å². The first-order chi connectivity index (χ1) is 6.73. The van der Waals surface area contributed by atoms with Crippen molar-refractivity contribution in [1.29, 1.82) is 0 Å². The van der Waals surface area contributed by atoms with Gasteiger partial charge in [0, 0.05) is 18.0 Å². The highest BCUT2D eigenvalue weighted by molar-refractivity contribution is 5.01. The highest BCUT2D eigenvalue weighted by Crippen LogP contribution is 2.40. The summed E-state index contributed by atoms with van der Waals surface area (Å²) in [7, 11) is 0. The molecule has 2 N–H and O–H groups in total. The van der Waals surface area contributed by atoms with Gasteiger partial charge in [-0.3, -0.25) is 4.74 Å². The van der Waals surface area contributed by atoms with Gasteiger partial charge in [-0.1, -0.05) is 13.8 Å². The van der Waals surface area contributed by atoms with Crippen molar-refractivity contribution in [1.82, 2.24) is 5.32 Å². The third-order valence-electron chi connectivity index (χ3n) is 2.97. The highest BCUT2D eigenvalue weighted by atomic mass is 19.4. The van der Waals surface area contributed by atoms with E-state index in [1.807, 2.05) is 13.8 Å². The minimum atomic E-state index is -4.56. The standard InChI is InChI=1S/C9H16F3NO2/c1-8(2)6(5-7(8)14)13-3-4-15-9(10,11)12/h6-7,13-14H,3-5H2,1-2H3. The second kappa shape index (κ2) is 4.27. The first-order valence-corrected chi connectivity index (χ1v) is 4.85. The maximum Gasteiger partial charge on any atom is 0.522 e. The van der Waals surface area contributed by atoms with Crippen LogP contribution in [0.15, 0.2) is 0 Å². The molecule has 0 spiro atoms. The summed E-state index contributed by atoms with van der Waals surface area (Å²) in [6.45, 7) is 3.50. The Morgan fingerprint density at radius 2 is 2.07 bits per heavy atom. The van der Waals surface area contributed by atoms with E-state index in [0.29, 0.717) is 6.42 Å². The van der Waals surface area contributed by atoms with Crippen molar-refractivity contribution in [2.45, 2.75) is 38.8 Å². The molecule has 0 aromatic carbocycles. The second-order valence-corrected chi connectivity index (χ2v) is 4.37. The summed E-state index contributed by atoms with van der Waals surface area (Å²) < 4.78 is 38.4. The lowest BCUT2D eigenvalue weighted by atomic mass is 9.64. The van der Waals surface area contributed by atoms with E-state index in [0.717, 1.165) is 0 Å². The Bertz CT molecular complexity index is 218. The van der Waals surface area contributed by atoms with E-state index in [4.69, 9.17) is 0 Å². The van der Waals surface area contributed by atoms with Crippen molar-refractivity contribution < 1.29 is 23.0 Å². The number of hydrogen-bond donors (Lipinski definition) is 2. The van der Waals surface area contributed by atoms with Crippen LogP contribution in [-0.2, 0) is 4.74 Å². The third kappa shape index (κ3) is 3.32. The Morgan fingerprint density at radius 1 is 1.47 bits per heavy atom. The lowest BCUT2D eigenvalue weighted by molar-refractivity contribution is -0.323. The van der Waals surface area contributed by atoms with E-state index >= 15 is 0 Å². The predicted octanol–water partition coefficient (Wildman–Crippen LogP) is 1.27. The van der Waals surface area contributed by atoms with Gasteiger partial charge in [-0.05, 0) is 6.42 Å². The van der Waals surface area contributed by atoms with Gasteiger partial charge in [-0.2, -0.15) is 0 Å². The summed E-state index contributed by atoms with van der Waals surface area (Å²) in [5.74, 6) is 0. The molecule has 0 amide bonds. The Hall–Kier alpha value is -0.330. The largest absolute Gasteiger partial charge is 0.522 e. The molecule has 0 heterocycles. The molecule has 0 saturated heterocycles. The molecule has 2 atom stereocenters. The van der Waals surface area contributed by atoms with Crippen LogP contribution in [0.25, 0.3) is 0 Å². The Morgan fingerprint density at radius 3 is 2.47 bits per heavy atom. The van der Waals surface area contributed by atoms with Crippen molar-refractivity contribution in [2.75, 3.05) is 13.2 Å². The van der Waals surface area contributed by atoms with Crippen LogP contribution in [0.5, 0.6) is 0 Å². The molecule has 2 unspecified atom stereocenters. The average molecular weight is 227 g/mol. The van der Waals surface area contributed by atoms with Crippen molar-refractivity contribution in [3.8, 4) is 0 Å². The van der Waals surface area contributed by atoms with Crippen LogP contribution >= 0.6 is 0 Å². The van der Waals surface area contributed by atoms with Gasteiger partial charge in [0.25, 0.3) is 0 Å². The van der Waals surface area contributed by atoms with Crippen LogP contribution in [-0.4, -0.2) is 36.8 Å². The fourth-order valence-corrected chi connectivity index (χ4v) is 1.65. The molecular weight excluding hydrogens is 211 g/mol. The number of alkyl halides is 3. The lowest BCUT2D eigenvalue weighted by Gasteiger charge is -2.49. The zero-order valence-corrected chi connectivity index (χ0v) is 8.77. The lowest BCUT2D eigenvalue weighted by Crippen LogP contribution is -2.60. The normalized spacial score (nSPS) is 30.0. The van der Waals surface area contributed by atoms with Crippen LogP contribution in [0, 0.1) is 5.41 Å². The maximum absolute atomic E-state index is 11.6. The molecule has 0 bridgehead atoms. The number of rotatable bonds is 4. The summed E-state index contributed by atoms with van der Waals surface area (Å²) in [5.41, 5.74) is -0.266. The van der Waals surface area contributed by atoms with Gasteiger partial charge in [-0.15, -0.1) is 13.2 Å².